The second kappa shape index (κ2) is 7.32. The van der Waals surface area contributed by atoms with Crippen LogP contribution in [0.15, 0.2) is 27.8 Å². The van der Waals surface area contributed by atoms with Gasteiger partial charge in [0.15, 0.2) is 0 Å². The molecule has 0 spiro atoms. The van der Waals surface area contributed by atoms with E-state index >= 15 is 0 Å². The van der Waals surface area contributed by atoms with Crippen LogP contribution in [0.25, 0.3) is 0 Å². The van der Waals surface area contributed by atoms with Crippen molar-refractivity contribution in [2.45, 2.75) is 31.6 Å². The smallest absolute Gasteiger partial charge is 0.355 e. The molecule has 0 aliphatic carbocycles. The monoisotopic (exact) mass is 370 g/mol. The van der Waals surface area contributed by atoms with Gasteiger partial charge in [-0.1, -0.05) is 6.07 Å². The number of ether oxygens (including phenoxy) is 1. The molecule has 10 heteroatoms. The van der Waals surface area contributed by atoms with Gasteiger partial charge in [-0.25, -0.2) is 27.3 Å². The van der Waals surface area contributed by atoms with Crippen molar-refractivity contribution in [3.05, 3.63) is 56.4 Å². The lowest BCUT2D eigenvalue weighted by Crippen LogP contribution is -2.46. The highest BCUT2D eigenvalue weighted by Gasteiger charge is 2.30. The molecule has 2 N–H and O–H groups in total. The fourth-order valence-corrected chi connectivity index (χ4v) is 2.90. The van der Waals surface area contributed by atoms with Crippen LogP contribution in [-0.2, 0) is 4.74 Å². The molecule has 2 heterocycles. The molecule has 0 bridgehead atoms. The van der Waals surface area contributed by atoms with Crippen molar-refractivity contribution in [2.75, 3.05) is 18.5 Å². The van der Waals surface area contributed by atoms with Crippen LogP contribution in [0.1, 0.15) is 31.0 Å². The molecule has 3 atom stereocenters. The van der Waals surface area contributed by atoms with E-state index in [1.54, 1.807) is 6.92 Å². The van der Waals surface area contributed by atoms with Gasteiger partial charge in [0.2, 0.25) is 5.95 Å². The number of hydrogen-bond acceptors (Lipinski definition) is 5. The lowest BCUT2D eigenvalue weighted by molar-refractivity contribution is 0.000716. The van der Waals surface area contributed by atoms with Gasteiger partial charge in [0, 0.05) is 18.2 Å². The van der Waals surface area contributed by atoms with Crippen LogP contribution in [0.2, 0.25) is 0 Å². The maximum Gasteiger partial charge on any atom is 0.355 e. The number of nitrogens with one attached hydrogen (secondary N) is 2. The summed E-state index contributed by atoms with van der Waals surface area (Å²) < 4.78 is 46.4. The summed E-state index contributed by atoms with van der Waals surface area (Å²) in [6.45, 7) is 1.59. The van der Waals surface area contributed by atoms with Crippen molar-refractivity contribution < 1.29 is 17.9 Å². The zero-order chi connectivity index (χ0) is 18.8. The van der Waals surface area contributed by atoms with Crippen LogP contribution < -0.4 is 16.7 Å². The van der Waals surface area contributed by atoms with Gasteiger partial charge in [-0.15, -0.1) is 0 Å². The topological polar surface area (TPSA) is 89.0 Å². The number of aromatic nitrogens is 3. The van der Waals surface area contributed by atoms with E-state index in [0.717, 1.165) is 16.7 Å². The summed E-state index contributed by atoms with van der Waals surface area (Å²) in [5.41, 5.74) is -1.61. The van der Waals surface area contributed by atoms with Gasteiger partial charge in [-0.2, -0.15) is 4.98 Å². The number of aromatic amines is 1. The Kier molecular flexibility index (Phi) is 5.12. The quantitative estimate of drug-likeness (QED) is 0.855. The van der Waals surface area contributed by atoms with Crippen LogP contribution in [0.4, 0.5) is 19.1 Å². The van der Waals surface area contributed by atoms with E-state index in [0.29, 0.717) is 0 Å². The van der Waals surface area contributed by atoms with Crippen molar-refractivity contribution in [2.24, 2.45) is 0 Å². The maximum absolute atomic E-state index is 13.9. The number of anilines is 1. The van der Waals surface area contributed by atoms with Gasteiger partial charge < -0.3 is 10.1 Å². The van der Waals surface area contributed by atoms with E-state index in [1.165, 1.54) is 6.07 Å². The minimum Gasteiger partial charge on any atom is -0.378 e. The highest BCUT2D eigenvalue weighted by molar-refractivity contribution is 5.31. The zero-order valence-electron chi connectivity index (χ0n) is 13.8. The molecule has 0 saturated carbocycles. The van der Waals surface area contributed by atoms with Crippen LogP contribution in [0, 0.1) is 11.6 Å². The van der Waals surface area contributed by atoms with Crippen molar-refractivity contribution in [1.82, 2.24) is 14.5 Å². The Labute approximate surface area is 145 Å². The Balaban J connectivity index is 1.86. The molecule has 140 valence electrons. The number of hydrogen-bond donors (Lipinski definition) is 2. The molecule has 0 amide bonds. The van der Waals surface area contributed by atoms with Crippen molar-refractivity contribution in [3.63, 3.8) is 0 Å². The minimum atomic E-state index is -1.49. The van der Waals surface area contributed by atoms with E-state index in [2.05, 4.69) is 15.3 Å². The van der Waals surface area contributed by atoms with E-state index in [4.69, 9.17) is 4.74 Å². The molecule has 7 nitrogen and oxygen atoms in total. The second-order valence-corrected chi connectivity index (χ2v) is 6.02. The SMILES string of the molecule is C[C@H](Nc1nc(=O)n(C2CCOC[C@H]2F)c(=O)[nH]1)c1ccc(F)cc1F. The molecule has 1 saturated heterocycles. The van der Waals surface area contributed by atoms with Crippen molar-refractivity contribution >= 4 is 5.95 Å². The third-order valence-electron chi connectivity index (χ3n) is 4.22. The Morgan fingerprint density at radius 1 is 1.38 bits per heavy atom. The number of benzene rings is 1. The lowest BCUT2D eigenvalue weighted by atomic mass is 10.1. The summed E-state index contributed by atoms with van der Waals surface area (Å²) >= 11 is 0. The maximum atomic E-state index is 13.9. The Bertz CT molecular complexity index is 883. The number of rotatable bonds is 4. The largest absolute Gasteiger partial charge is 0.378 e. The van der Waals surface area contributed by atoms with Crippen LogP contribution >= 0.6 is 0 Å². The minimum absolute atomic E-state index is 0.131. The predicted molar refractivity (Wildman–Crippen MR) is 86.9 cm³/mol. The summed E-state index contributed by atoms with van der Waals surface area (Å²) in [6.07, 6.45) is -1.31. The lowest BCUT2D eigenvalue weighted by Gasteiger charge is -2.26. The molecule has 0 radical (unpaired) electrons. The molecular formula is C16H17F3N4O3. The molecule has 1 aliphatic rings. The highest BCUT2D eigenvalue weighted by atomic mass is 19.1. The van der Waals surface area contributed by atoms with Crippen molar-refractivity contribution in [1.29, 1.82) is 0 Å². The number of halogens is 3. The summed E-state index contributed by atoms with van der Waals surface area (Å²) in [6, 6.07) is 1.42. The molecule has 1 aromatic heterocycles. The van der Waals surface area contributed by atoms with Gasteiger partial charge in [0.25, 0.3) is 0 Å². The summed E-state index contributed by atoms with van der Waals surface area (Å²) in [7, 11) is 0. The van der Waals surface area contributed by atoms with Gasteiger partial charge in [-0.05, 0) is 19.4 Å². The summed E-state index contributed by atoms with van der Waals surface area (Å²) in [4.78, 5) is 30.5. The standard InChI is InChI=1S/C16H17F3N4O3/c1-8(10-3-2-9(17)6-11(10)18)20-14-21-15(24)23(16(25)22-14)13-4-5-26-7-12(13)19/h2-3,6,8,12-13H,4-5,7H2,1H3,(H2,20,21,22,24,25)/t8-,12+,13?/m0/s1. The zero-order valence-corrected chi connectivity index (χ0v) is 13.8. The second-order valence-electron chi connectivity index (χ2n) is 6.02. The Hall–Kier alpha value is -2.62. The van der Waals surface area contributed by atoms with Crippen molar-refractivity contribution in [3.8, 4) is 0 Å². The first-order chi connectivity index (χ1) is 12.4. The Morgan fingerprint density at radius 2 is 2.15 bits per heavy atom. The summed E-state index contributed by atoms with van der Waals surface area (Å²) in [5.74, 6) is -1.68. The molecule has 1 unspecified atom stereocenters. The molecule has 26 heavy (non-hydrogen) atoms. The third kappa shape index (κ3) is 3.64. The first-order valence-corrected chi connectivity index (χ1v) is 8.03. The number of alkyl halides is 1. The van der Waals surface area contributed by atoms with Crippen LogP contribution in [0.5, 0.6) is 0 Å². The van der Waals surface area contributed by atoms with E-state index in [-0.39, 0.29) is 31.1 Å². The molecule has 1 fully saturated rings. The number of H-pyrrole nitrogens is 1. The van der Waals surface area contributed by atoms with Crippen LogP contribution in [0.3, 0.4) is 0 Å². The first kappa shape index (κ1) is 18.2. The molecule has 2 aromatic rings. The normalized spacial score (nSPS) is 21.4. The van der Waals surface area contributed by atoms with E-state index < -0.39 is 41.3 Å². The molecule has 3 rings (SSSR count). The fourth-order valence-electron chi connectivity index (χ4n) is 2.90. The van der Waals surface area contributed by atoms with E-state index in [1.807, 2.05) is 0 Å². The molecular weight excluding hydrogens is 353 g/mol. The van der Waals surface area contributed by atoms with Gasteiger partial charge in [-0.3, -0.25) is 4.98 Å². The molecule has 1 aromatic carbocycles. The third-order valence-corrected chi connectivity index (χ3v) is 4.22. The average molecular weight is 370 g/mol. The average Bonchev–Trinajstić information content (AvgIpc) is 2.55. The van der Waals surface area contributed by atoms with Gasteiger partial charge in [0.1, 0.15) is 17.8 Å². The molecule has 1 aliphatic heterocycles. The number of nitrogens with zero attached hydrogens (tertiary/aromatic N) is 2. The fraction of sp³-hybridized carbons (Fsp3) is 0.438. The van der Waals surface area contributed by atoms with Gasteiger partial charge in [0.05, 0.1) is 18.7 Å². The highest BCUT2D eigenvalue weighted by Crippen LogP contribution is 2.22. The summed E-state index contributed by atoms with van der Waals surface area (Å²) in [5, 5.41) is 2.68. The Morgan fingerprint density at radius 3 is 2.81 bits per heavy atom. The van der Waals surface area contributed by atoms with Gasteiger partial charge >= 0.3 is 11.4 Å². The first-order valence-electron chi connectivity index (χ1n) is 8.03. The van der Waals surface area contributed by atoms with E-state index in [9.17, 15) is 22.8 Å². The predicted octanol–water partition coefficient (Wildman–Crippen LogP) is 1.68. The van der Waals surface area contributed by atoms with Crippen LogP contribution in [-0.4, -0.2) is 33.9 Å².